The van der Waals surface area contributed by atoms with E-state index in [1.54, 1.807) is 0 Å². The number of fused-ring (bicyclic) bond motifs is 1. The van der Waals surface area contributed by atoms with E-state index in [4.69, 9.17) is 0 Å². The molecular weight excluding hydrogens is 190 g/mol. The van der Waals surface area contributed by atoms with Gasteiger partial charge in [0.15, 0.2) is 0 Å². The van der Waals surface area contributed by atoms with E-state index < -0.39 is 0 Å². The molecule has 1 atom stereocenters. The Balaban J connectivity index is 2.40. The van der Waals surface area contributed by atoms with Crippen molar-refractivity contribution in [3.8, 4) is 0 Å². The maximum atomic E-state index is 11.7. The lowest BCUT2D eigenvalue weighted by atomic mass is 9.93. The van der Waals surface area contributed by atoms with E-state index in [1.165, 1.54) is 5.69 Å². The van der Waals surface area contributed by atoms with Crippen molar-refractivity contribution in [2.45, 2.75) is 45.2 Å². The molecule has 15 heavy (non-hydrogen) atoms. The Morgan fingerprint density at radius 3 is 2.87 bits per heavy atom. The van der Waals surface area contributed by atoms with E-state index >= 15 is 0 Å². The summed E-state index contributed by atoms with van der Waals surface area (Å²) >= 11 is 0. The van der Waals surface area contributed by atoms with Gasteiger partial charge in [0.1, 0.15) is 0 Å². The highest BCUT2D eigenvalue weighted by Gasteiger charge is 2.24. The molecule has 0 radical (unpaired) electrons. The van der Waals surface area contributed by atoms with E-state index in [0.29, 0.717) is 12.1 Å². The molecule has 0 saturated carbocycles. The van der Waals surface area contributed by atoms with Crippen LogP contribution in [0.15, 0.2) is 4.79 Å². The summed E-state index contributed by atoms with van der Waals surface area (Å²) in [6, 6.07) is 0.800. The molecule has 1 unspecified atom stereocenters. The summed E-state index contributed by atoms with van der Waals surface area (Å²) < 4.78 is 2.02. The van der Waals surface area contributed by atoms with Gasteiger partial charge in [-0.3, -0.25) is 14.6 Å². The highest BCUT2D eigenvalue weighted by molar-refractivity contribution is 5.23. The molecule has 1 aliphatic rings. The third kappa shape index (κ3) is 1.74. The van der Waals surface area contributed by atoms with Crippen molar-refractivity contribution in [3.63, 3.8) is 0 Å². The third-order valence-electron chi connectivity index (χ3n) is 3.24. The quantitative estimate of drug-likeness (QED) is 0.758. The minimum Gasteiger partial charge on any atom is -0.317 e. The SMILES string of the molecule is CNC1CCc2c(c(=O)[nH]n2C(C)C)C1. The fourth-order valence-corrected chi connectivity index (χ4v) is 2.35. The van der Waals surface area contributed by atoms with Crippen LogP contribution in [0.4, 0.5) is 0 Å². The number of nitrogens with zero attached hydrogens (tertiary/aromatic N) is 1. The summed E-state index contributed by atoms with van der Waals surface area (Å²) in [5.74, 6) is 0. The van der Waals surface area contributed by atoms with Crippen LogP contribution in [0.3, 0.4) is 0 Å². The van der Waals surface area contributed by atoms with Crippen LogP contribution in [0.5, 0.6) is 0 Å². The zero-order valence-corrected chi connectivity index (χ0v) is 9.63. The van der Waals surface area contributed by atoms with Crippen LogP contribution in [0, 0.1) is 0 Å². The molecule has 0 spiro atoms. The highest BCUT2D eigenvalue weighted by Crippen LogP contribution is 2.20. The van der Waals surface area contributed by atoms with Crippen molar-refractivity contribution in [1.82, 2.24) is 15.1 Å². The number of aromatic nitrogens is 2. The maximum Gasteiger partial charge on any atom is 0.267 e. The van der Waals surface area contributed by atoms with Crippen LogP contribution in [-0.4, -0.2) is 22.9 Å². The van der Waals surface area contributed by atoms with Gasteiger partial charge in [-0.15, -0.1) is 0 Å². The second kappa shape index (κ2) is 3.85. The molecule has 1 aromatic heterocycles. The predicted octanol–water partition coefficient (Wildman–Crippen LogP) is 0.834. The molecule has 0 saturated heterocycles. The number of H-pyrrole nitrogens is 1. The molecule has 1 aromatic rings. The molecule has 1 heterocycles. The Morgan fingerprint density at radius 1 is 1.53 bits per heavy atom. The first-order valence-corrected chi connectivity index (χ1v) is 5.63. The molecule has 4 nitrogen and oxygen atoms in total. The van der Waals surface area contributed by atoms with E-state index in [1.807, 2.05) is 11.7 Å². The van der Waals surface area contributed by atoms with Crippen molar-refractivity contribution in [3.05, 3.63) is 21.6 Å². The lowest BCUT2D eigenvalue weighted by Crippen LogP contribution is -2.33. The van der Waals surface area contributed by atoms with Gasteiger partial charge in [0.05, 0.1) is 0 Å². The van der Waals surface area contributed by atoms with Crippen molar-refractivity contribution < 1.29 is 0 Å². The molecule has 1 aliphatic carbocycles. The molecule has 2 rings (SSSR count). The minimum absolute atomic E-state index is 0.0960. The summed E-state index contributed by atoms with van der Waals surface area (Å²) in [6.07, 6.45) is 2.98. The monoisotopic (exact) mass is 209 g/mol. The zero-order chi connectivity index (χ0) is 11.0. The Kier molecular flexibility index (Phi) is 2.69. The van der Waals surface area contributed by atoms with Crippen LogP contribution in [-0.2, 0) is 12.8 Å². The van der Waals surface area contributed by atoms with Crippen molar-refractivity contribution in [2.24, 2.45) is 0 Å². The van der Waals surface area contributed by atoms with E-state index in [9.17, 15) is 4.79 Å². The van der Waals surface area contributed by atoms with Crippen molar-refractivity contribution >= 4 is 0 Å². The largest absolute Gasteiger partial charge is 0.317 e. The first kappa shape index (κ1) is 10.5. The standard InChI is InChI=1S/C11H19N3O/c1-7(2)14-10-5-4-8(12-3)6-9(10)11(15)13-14/h7-8,12H,4-6H2,1-3H3,(H,13,15). The number of hydrogen-bond acceptors (Lipinski definition) is 2. The Hall–Kier alpha value is -1.03. The highest BCUT2D eigenvalue weighted by atomic mass is 16.1. The molecule has 4 heteroatoms. The smallest absolute Gasteiger partial charge is 0.267 e. The third-order valence-corrected chi connectivity index (χ3v) is 3.24. The van der Waals surface area contributed by atoms with E-state index in [-0.39, 0.29) is 5.56 Å². The van der Waals surface area contributed by atoms with Gasteiger partial charge in [0.2, 0.25) is 0 Å². The maximum absolute atomic E-state index is 11.7. The first-order chi connectivity index (χ1) is 7.13. The molecule has 84 valence electrons. The first-order valence-electron chi connectivity index (χ1n) is 5.63. The van der Waals surface area contributed by atoms with Gasteiger partial charge < -0.3 is 5.32 Å². The zero-order valence-electron chi connectivity index (χ0n) is 9.63. The molecule has 2 N–H and O–H groups in total. The summed E-state index contributed by atoms with van der Waals surface area (Å²) in [4.78, 5) is 11.7. The average Bonchev–Trinajstić information content (AvgIpc) is 2.56. The number of rotatable bonds is 2. The van der Waals surface area contributed by atoms with Gasteiger partial charge in [-0.1, -0.05) is 0 Å². The van der Waals surface area contributed by atoms with Gasteiger partial charge in [-0.25, -0.2) is 0 Å². The van der Waals surface area contributed by atoms with Gasteiger partial charge in [0, 0.05) is 23.3 Å². The lowest BCUT2D eigenvalue weighted by molar-refractivity contribution is 0.454. The number of aromatic amines is 1. The summed E-state index contributed by atoms with van der Waals surface area (Å²) in [7, 11) is 1.96. The Morgan fingerprint density at radius 2 is 2.27 bits per heavy atom. The van der Waals surface area contributed by atoms with E-state index in [2.05, 4.69) is 24.3 Å². The second-order valence-electron chi connectivity index (χ2n) is 4.56. The van der Waals surface area contributed by atoms with Gasteiger partial charge in [-0.2, -0.15) is 0 Å². The number of likely N-dealkylation sites (N-methyl/N-ethyl adjacent to an activating group) is 1. The molecule has 0 aromatic carbocycles. The lowest BCUT2D eigenvalue weighted by Gasteiger charge is -2.23. The summed E-state index contributed by atoms with van der Waals surface area (Å²) in [6.45, 7) is 4.20. The van der Waals surface area contributed by atoms with Gasteiger partial charge >= 0.3 is 0 Å². The van der Waals surface area contributed by atoms with Gasteiger partial charge in [0.25, 0.3) is 5.56 Å². The minimum atomic E-state index is 0.0960. The van der Waals surface area contributed by atoms with Crippen LogP contribution in [0.2, 0.25) is 0 Å². The molecule has 0 fully saturated rings. The topological polar surface area (TPSA) is 49.8 Å². The fourth-order valence-electron chi connectivity index (χ4n) is 2.35. The fraction of sp³-hybridized carbons (Fsp3) is 0.727. The number of hydrogen-bond donors (Lipinski definition) is 2. The Bertz CT molecular complexity index is 402. The van der Waals surface area contributed by atoms with Crippen molar-refractivity contribution in [1.29, 1.82) is 0 Å². The van der Waals surface area contributed by atoms with Crippen molar-refractivity contribution in [2.75, 3.05) is 7.05 Å². The average molecular weight is 209 g/mol. The van der Waals surface area contributed by atoms with Crippen LogP contribution in [0.1, 0.15) is 37.6 Å². The molecule has 0 amide bonds. The second-order valence-corrected chi connectivity index (χ2v) is 4.56. The normalized spacial score (nSPS) is 20.7. The summed E-state index contributed by atoms with van der Waals surface area (Å²) in [5, 5.41) is 6.18. The van der Waals surface area contributed by atoms with Crippen LogP contribution < -0.4 is 10.9 Å². The number of nitrogens with one attached hydrogen (secondary N) is 2. The predicted molar refractivity (Wildman–Crippen MR) is 60.3 cm³/mol. The van der Waals surface area contributed by atoms with Gasteiger partial charge in [-0.05, 0) is 40.2 Å². The molecule has 0 aliphatic heterocycles. The summed E-state index contributed by atoms with van der Waals surface area (Å²) in [5.41, 5.74) is 2.29. The molecular formula is C11H19N3O. The van der Waals surface area contributed by atoms with Crippen LogP contribution in [0.25, 0.3) is 0 Å². The molecule has 0 bridgehead atoms. The van der Waals surface area contributed by atoms with Crippen LogP contribution >= 0.6 is 0 Å². The van der Waals surface area contributed by atoms with E-state index in [0.717, 1.165) is 24.8 Å². The Labute approximate surface area is 89.7 Å².